The summed E-state index contributed by atoms with van der Waals surface area (Å²) in [6, 6.07) is 12.5. The number of carboxylic acids is 2. The Kier molecular flexibility index (Phi) is 7.54. The molecule has 4 N–H and O–H groups in total. The van der Waals surface area contributed by atoms with Crippen LogP contribution >= 0.6 is 11.6 Å². The number of para-hydroxylation sites is 1. The second-order valence-electron chi connectivity index (χ2n) is 7.14. The molecule has 160 valence electrons. The molecule has 2 aromatic rings. The topological polar surface area (TPSA) is 108 Å². The minimum Gasteiger partial charge on any atom is -0.491 e. The number of anilines is 1. The van der Waals surface area contributed by atoms with Gasteiger partial charge in [-0.25, -0.2) is 0 Å². The second kappa shape index (κ2) is 10.3. The highest BCUT2D eigenvalue weighted by atomic mass is 35.5. The predicted molar refractivity (Wildman–Crippen MR) is 115 cm³/mol. The molecule has 4 rings (SSSR count). The lowest BCUT2D eigenvalue weighted by Gasteiger charge is -2.20. The highest BCUT2D eigenvalue weighted by Crippen LogP contribution is 2.38. The lowest BCUT2D eigenvalue weighted by Crippen LogP contribution is -2.17. The van der Waals surface area contributed by atoms with Crippen LogP contribution in [0.25, 0.3) is 0 Å². The van der Waals surface area contributed by atoms with Crippen LogP contribution in [0, 0.1) is 0 Å². The normalized spacial score (nSPS) is 16.8. The average molecular weight is 433 g/mol. The summed E-state index contributed by atoms with van der Waals surface area (Å²) in [5.74, 6) is -1.18. The molecule has 0 radical (unpaired) electrons. The van der Waals surface area contributed by atoms with Gasteiger partial charge in [0.2, 0.25) is 0 Å². The first kappa shape index (κ1) is 21.9. The maximum atomic E-state index is 9.64. The summed E-state index contributed by atoms with van der Waals surface area (Å²) in [7, 11) is 0. The van der Waals surface area contributed by atoms with Gasteiger partial charge in [-0.1, -0.05) is 35.9 Å². The van der Waals surface area contributed by atoms with Crippen LogP contribution < -0.4 is 15.4 Å². The minimum absolute atomic E-state index is 0.163. The molecule has 0 aromatic heterocycles. The smallest absolute Gasteiger partial charge is 0.303 e. The van der Waals surface area contributed by atoms with Gasteiger partial charge in [0.05, 0.1) is 29.6 Å². The van der Waals surface area contributed by atoms with E-state index in [1.165, 1.54) is 16.7 Å². The van der Waals surface area contributed by atoms with Crippen LogP contribution in [0.2, 0.25) is 5.02 Å². The third-order valence-electron chi connectivity index (χ3n) is 5.05. The number of rotatable bonds is 5. The largest absolute Gasteiger partial charge is 0.491 e. The number of halogens is 1. The van der Waals surface area contributed by atoms with Crippen LogP contribution in [0.3, 0.4) is 0 Å². The van der Waals surface area contributed by atoms with E-state index in [2.05, 4.69) is 28.8 Å². The Labute approximate surface area is 180 Å². The van der Waals surface area contributed by atoms with Crippen molar-refractivity contribution in [1.29, 1.82) is 0 Å². The van der Waals surface area contributed by atoms with E-state index in [-0.39, 0.29) is 18.9 Å². The zero-order chi connectivity index (χ0) is 21.5. The number of ether oxygens (including phenoxy) is 1. The SMILES string of the molecule is Clc1ccc2c(c1NC1COc3ccccc31)CCNCC2.O=C(O)CCC(=O)O. The second-order valence-corrected chi connectivity index (χ2v) is 7.55. The molecule has 0 aliphatic carbocycles. The minimum atomic E-state index is -1.08. The van der Waals surface area contributed by atoms with Gasteiger partial charge in [-0.05, 0) is 49.2 Å². The van der Waals surface area contributed by atoms with E-state index in [0.717, 1.165) is 42.4 Å². The van der Waals surface area contributed by atoms with Gasteiger partial charge in [0.25, 0.3) is 0 Å². The van der Waals surface area contributed by atoms with E-state index >= 15 is 0 Å². The molecule has 2 aromatic carbocycles. The first-order chi connectivity index (χ1) is 14.5. The van der Waals surface area contributed by atoms with Gasteiger partial charge in [-0.2, -0.15) is 0 Å². The van der Waals surface area contributed by atoms with Crippen molar-refractivity contribution in [2.24, 2.45) is 0 Å². The fourth-order valence-electron chi connectivity index (χ4n) is 3.57. The van der Waals surface area contributed by atoms with Crippen molar-refractivity contribution in [2.45, 2.75) is 31.7 Å². The van der Waals surface area contributed by atoms with E-state index < -0.39 is 11.9 Å². The van der Waals surface area contributed by atoms with Gasteiger partial charge >= 0.3 is 11.9 Å². The zero-order valence-electron chi connectivity index (χ0n) is 16.5. The van der Waals surface area contributed by atoms with Crippen LogP contribution in [-0.4, -0.2) is 41.8 Å². The number of carbonyl (C=O) groups is 2. The van der Waals surface area contributed by atoms with Gasteiger partial charge in [0.15, 0.2) is 0 Å². The average Bonchev–Trinajstić information content (AvgIpc) is 2.97. The molecule has 0 saturated carbocycles. The molecule has 2 aliphatic heterocycles. The van der Waals surface area contributed by atoms with Crippen molar-refractivity contribution in [3.05, 3.63) is 58.1 Å². The molecule has 30 heavy (non-hydrogen) atoms. The number of aliphatic carboxylic acids is 2. The number of nitrogens with one attached hydrogen (secondary N) is 2. The van der Waals surface area contributed by atoms with Gasteiger partial charge < -0.3 is 25.6 Å². The molecule has 2 aliphatic rings. The fourth-order valence-corrected chi connectivity index (χ4v) is 3.80. The Morgan fingerprint density at radius 1 is 1.07 bits per heavy atom. The third-order valence-corrected chi connectivity index (χ3v) is 5.37. The van der Waals surface area contributed by atoms with Gasteiger partial charge in [-0.15, -0.1) is 0 Å². The van der Waals surface area contributed by atoms with E-state index in [9.17, 15) is 9.59 Å². The van der Waals surface area contributed by atoms with Gasteiger partial charge in [0.1, 0.15) is 12.4 Å². The van der Waals surface area contributed by atoms with Crippen molar-refractivity contribution in [2.75, 3.05) is 25.0 Å². The van der Waals surface area contributed by atoms with Crippen molar-refractivity contribution < 1.29 is 24.5 Å². The molecule has 0 amide bonds. The summed E-state index contributed by atoms with van der Waals surface area (Å²) < 4.78 is 5.77. The summed E-state index contributed by atoms with van der Waals surface area (Å²) in [6.45, 7) is 2.68. The zero-order valence-corrected chi connectivity index (χ0v) is 17.2. The van der Waals surface area contributed by atoms with E-state index in [1.54, 1.807) is 0 Å². The molecule has 1 unspecified atom stereocenters. The van der Waals surface area contributed by atoms with Gasteiger partial charge in [-0.3, -0.25) is 9.59 Å². The molecule has 7 nitrogen and oxygen atoms in total. The molecule has 1 atom stereocenters. The number of hydrogen-bond acceptors (Lipinski definition) is 5. The molecule has 0 saturated heterocycles. The molecule has 0 spiro atoms. The van der Waals surface area contributed by atoms with Crippen molar-refractivity contribution in [3.8, 4) is 5.75 Å². The van der Waals surface area contributed by atoms with E-state index in [1.807, 2.05) is 18.2 Å². The summed E-state index contributed by atoms with van der Waals surface area (Å²) in [6.07, 6.45) is 1.47. The summed E-state index contributed by atoms with van der Waals surface area (Å²) in [4.78, 5) is 19.3. The lowest BCUT2D eigenvalue weighted by atomic mass is 9.99. The van der Waals surface area contributed by atoms with Crippen LogP contribution in [-0.2, 0) is 22.4 Å². The Morgan fingerprint density at radius 2 is 1.77 bits per heavy atom. The maximum Gasteiger partial charge on any atom is 0.303 e. The summed E-state index contributed by atoms with van der Waals surface area (Å²) >= 11 is 6.50. The van der Waals surface area contributed by atoms with Crippen molar-refractivity contribution in [3.63, 3.8) is 0 Å². The number of carboxylic acid groups (broad SMARTS) is 2. The van der Waals surface area contributed by atoms with Crippen molar-refractivity contribution >= 4 is 29.2 Å². The number of hydrogen-bond donors (Lipinski definition) is 4. The Balaban J connectivity index is 0.000000275. The lowest BCUT2D eigenvalue weighted by molar-refractivity contribution is -0.143. The number of benzene rings is 2. The molecule has 2 heterocycles. The first-order valence-electron chi connectivity index (χ1n) is 9.88. The first-order valence-corrected chi connectivity index (χ1v) is 10.3. The predicted octanol–water partition coefficient (Wildman–Crippen LogP) is 3.51. The monoisotopic (exact) mass is 432 g/mol. The highest BCUT2D eigenvalue weighted by molar-refractivity contribution is 6.33. The van der Waals surface area contributed by atoms with Gasteiger partial charge in [0, 0.05) is 5.56 Å². The van der Waals surface area contributed by atoms with Crippen LogP contribution in [0.5, 0.6) is 5.75 Å². The molecule has 0 bridgehead atoms. The maximum absolute atomic E-state index is 9.64. The van der Waals surface area contributed by atoms with E-state index in [0.29, 0.717) is 6.61 Å². The standard InChI is InChI=1S/C18H19ClN2O.C4H6O4/c19-15-6-5-12-7-9-20-10-8-13(12)18(15)21-16-11-22-17-4-2-1-3-14(16)17;5-3(6)1-2-4(7)8/h1-6,16,20-21H,7-11H2;1-2H2,(H,5,6)(H,7,8). The Bertz CT molecular complexity index is 904. The molecule has 0 fully saturated rings. The fraction of sp³-hybridized carbons (Fsp3) is 0.364. The van der Waals surface area contributed by atoms with E-state index in [4.69, 9.17) is 26.6 Å². The third kappa shape index (κ3) is 5.64. The molecular weight excluding hydrogens is 408 g/mol. The number of fused-ring (bicyclic) bond motifs is 2. The Morgan fingerprint density at radius 3 is 2.50 bits per heavy atom. The quantitative estimate of drug-likeness (QED) is 0.572. The summed E-state index contributed by atoms with van der Waals surface area (Å²) in [5, 5.41) is 23.7. The Hall–Kier alpha value is -2.77. The summed E-state index contributed by atoms with van der Waals surface area (Å²) in [5.41, 5.74) is 5.03. The van der Waals surface area contributed by atoms with Crippen LogP contribution in [0.1, 0.15) is 35.6 Å². The highest BCUT2D eigenvalue weighted by Gasteiger charge is 2.25. The molecule has 8 heteroatoms. The molecular formula is C22H25ClN2O5. The van der Waals surface area contributed by atoms with Crippen LogP contribution in [0.4, 0.5) is 5.69 Å². The van der Waals surface area contributed by atoms with Crippen molar-refractivity contribution in [1.82, 2.24) is 5.32 Å². The van der Waals surface area contributed by atoms with Crippen LogP contribution in [0.15, 0.2) is 36.4 Å².